The van der Waals surface area contributed by atoms with Gasteiger partial charge < -0.3 is 10.6 Å². The molecule has 1 aromatic carbocycles. The molecule has 20 heavy (non-hydrogen) atoms. The van der Waals surface area contributed by atoms with Crippen molar-refractivity contribution in [1.29, 1.82) is 0 Å². The highest BCUT2D eigenvalue weighted by Gasteiger charge is 2.23. The fourth-order valence-electron chi connectivity index (χ4n) is 2.90. The van der Waals surface area contributed by atoms with E-state index >= 15 is 0 Å². The molecule has 110 valence electrons. The minimum atomic E-state index is 0.0216. The molecule has 1 aliphatic rings. The van der Waals surface area contributed by atoms with Gasteiger partial charge in [-0.3, -0.25) is 4.79 Å². The highest BCUT2D eigenvalue weighted by atomic mass is 16.1. The third kappa shape index (κ3) is 3.99. The summed E-state index contributed by atoms with van der Waals surface area (Å²) in [6, 6.07) is 8.41. The molecule has 0 aromatic heterocycles. The molecule has 1 amide bonds. The van der Waals surface area contributed by atoms with Crippen molar-refractivity contribution < 1.29 is 4.79 Å². The Labute approximate surface area is 122 Å². The summed E-state index contributed by atoms with van der Waals surface area (Å²) in [5.74, 6) is 0.886. The van der Waals surface area contributed by atoms with E-state index in [9.17, 15) is 4.79 Å². The Hall–Kier alpha value is -1.51. The monoisotopic (exact) mass is 274 g/mol. The third-order valence-corrected chi connectivity index (χ3v) is 4.15. The lowest BCUT2D eigenvalue weighted by Crippen LogP contribution is -2.24. The Bertz CT molecular complexity index is 444. The first-order valence-electron chi connectivity index (χ1n) is 7.87. The van der Waals surface area contributed by atoms with Gasteiger partial charge in [0.25, 0.3) is 5.91 Å². The van der Waals surface area contributed by atoms with Gasteiger partial charge in [-0.2, -0.15) is 0 Å². The molecule has 2 rings (SSSR count). The van der Waals surface area contributed by atoms with Gasteiger partial charge in [0.15, 0.2) is 0 Å². The Morgan fingerprint density at radius 2 is 2.15 bits per heavy atom. The summed E-state index contributed by atoms with van der Waals surface area (Å²) in [5, 5.41) is 6.50. The van der Waals surface area contributed by atoms with Crippen LogP contribution < -0.4 is 10.6 Å². The van der Waals surface area contributed by atoms with Crippen LogP contribution in [0.3, 0.4) is 0 Å². The molecule has 3 heteroatoms. The van der Waals surface area contributed by atoms with Crippen LogP contribution in [0.1, 0.15) is 56.3 Å². The number of hydrogen-bond donors (Lipinski definition) is 2. The molecule has 0 heterocycles. The second-order valence-corrected chi connectivity index (χ2v) is 5.77. The highest BCUT2D eigenvalue weighted by Crippen LogP contribution is 2.30. The molecule has 3 nitrogen and oxygen atoms in total. The van der Waals surface area contributed by atoms with Crippen molar-refractivity contribution in [3.05, 3.63) is 29.8 Å². The summed E-state index contributed by atoms with van der Waals surface area (Å²) in [4.78, 5) is 12.0. The molecular formula is C17H26N2O. The highest BCUT2D eigenvalue weighted by molar-refractivity contribution is 5.95. The molecule has 2 atom stereocenters. The average Bonchev–Trinajstić information content (AvgIpc) is 2.92. The maximum atomic E-state index is 12.0. The van der Waals surface area contributed by atoms with Crippen molar-refractivity contribution in [3.63, 3.8) is 0 Å². The fraction of sp³-hybridized carbons (Fsp3) is 0.588. The minimum absolute atomic E-state index is 0.0216. The van der Waals surface area contributed by atoms with E-state index in [1.807, 2.05) is 18.2 Å². The van der Waals surface area contributed by atoms with E-state index < -0.39 is 0 Å². The lowest BCUT2D eigenvalue weighted by molar-refractivity contribution is 0.0953. The van der Waals surface area contributed by atoms with Crippen LogP contribution in [0.25, 0.3) is 0 Å². The van der Waals surface area contributed by atoms with E-state index in [0.29, 0.717) is 6.04 Å². The van der Waals surface area contributed by atoms with Gasteiger partial charge in [0.05, 0.1) is 0 Å². The molecule has 0 spiro atoms. The molecule has 1 aromatic rings. The molecule has 1 saturated carbocycles. The first-order valence-corrected chi connectivity index (χ1v) is 7.87. The number of hydrogen-bond acceptors (Lipinski definition) is 2. The van der Waals surface area contributed by atoms with Gasteiger partial charge in [0, 0.05) is 23.8 Å². The summed E-state index contributed by atoms with van der Waals surface area (Å²) in [7, 11) is 0. The smallest absolute Gasteiger partial charge is 0.251 e. The number of carbonyl (C=O) groups excluding carboxylic acids is 1. The predicted molar refractivity (Wildman–Crippen MR) is 84.1 cm³/mol. The van der Waals surface area contributed by atoms with Crippen LogP contribution in [0.5, 0.6) is 0 Å². The van der Waals surface area contributed by atoms with E-state index in [1.165, 1.54) is 25.7 Å². The van der Waals surface area contributed by atoms with Crippen LogP contribution in [-0.2, 0) is 0 Å². The van der Waals surface area contributed by atoms with E-state index in [0.717, 1.165) is 30.1 Å². The number of benzene rings is 1. The van der Waals surface area contributed by atoms with Gasteiger partial charge in [-0.05, 0) is 49.8 Å². The largest absolute Gasteiger partial charge is 0.382 e. The molecule has 1 fully saturated rings. The Morgan fingerprint density at radius 3 is 2.85 bits per heavy atom. The molecule has 0 saturated heterocycles. The van der Waals surface area contributed by atoms with Gasteiger partial charge in [-0.1, -0.05) is 26.3 Å². The zero-order chi connectivity index (χ0) is 14.4. The first-order chi connectivity index (χ1) is 9.72. The van der Waals surface area contributed by atoms with Crippen LogP contribution in [0.2, 0.25) is 0 Å². The molecule has 0 radical (unpaired) electrons. The van der Waals surface area contributed by atoms with Gasteiger partial charge in [-0.25, -0.2) is 0 Å². The van der Waals surface area contributed by atoms with E-state index in [-0.39, 0.29) is 5.91 Å². The second kappa shape index (κ2) is 7.32. The van der Waals surface area contributed by atoms with Gasteiger partial charge in [0.1, 0.15) is 0 Å². The van der Waals surface area contributed by atoms with Crippen LogP contribution in [-0.4, -0.2) is 18.5 Å². The molecule has 0 bridgehead atoms. The summed E-state index contributed by atoms with van der Waals surface area (Å²) < 4.78 is 0. The third-order valence-electron chi connectivity index (χ3n) is 4.15. The zero-order valence-electron chi connectivity index (χ0n) is 12.6. The maximum absolute atomic E-state index is 12.0. The summed E-state index contributed by atoms with van der Waals surface area (Å²) in [6.07, 6.45) is 6.06. The van der Waals surface area contributed by atoms with Crippen LogP contribution >= 0.6 is 0 Å². The number of nitrogens with one attached hydrogen (secondary N) is 2. The predicted octanol–water partition coefficient (Wildman–Crippen LogP) is 3.82. The van der Waals surface area contributed by atoms with Crippen LogP contribution in [0.15, 0.2) is 24.3 Å². The Kier molecular flexibility index (Phi) is 5.45. The SMILES string of the molecule is CCCNC(=O)c1cccc(NC2CCC(CC)C2)c1. The fourth-order valence-corrected chi connectivity index (χ4v) is 2.90. The number of anilines is 1. The van der Waals surface area contributed by atoms with Crippen LogP contribution in [0, 0.1) is 5.92 Å². The van der Waals surface area contributed by atoms with Crippen molar-refractivity contribution in [2.75, 3.05) is 11.9 Å². The zero-order valence-corrected chi connectivity index (χ0v) is 12.6. The lowest BCUT2D eigenvalue weighted by atomic mass is 10.1. The molecule has 2 N–H and O–H groups in total. The van der Waals surface area contributed by atoms with Crippen molar-refractivity contribution in [1.82, 2.24) is 5.32 Å². The maximum Gasteiger partial charge on any atom is 0.251 e. The van der Waals surface area contributed by atoms with Crippen molar-refractivity contribution >= 4 is 11.6 Å². The summed E-state index contributed by atoms with van der Waals surface area (Å²) in [5.41, 5.74) is 1.81. The number of amides is 1. The summed E-state index contributed by atoms with van der Waals surface area (Å²) in [6.45, 7) is 5.06. The van der Waals surface area contributed by atoms with Gasteiger partial charge in [0.2, 0.25) is 0 Å². The number of carbonyl (C=O) groups is 1. The summed E-state index contributed by atoms with van der Waals surface area (Å²) >= 11 is 0. The first kappa shape index (κ1) is 14.9. The normalized spacial score (nSPS) is 21.7. The topological polar surface area (TPSA) is 41.1 Å². The van der Waals surface area contributed by atoms with Crippen molar-refractivity contribution in [2.24, 2.45) is 5.92 Å². The van der Waals surface area contributed by atoms with Gasteiger partial charge >= 0.3 is 0 Å². The molecule has 2 unspecified atom stereocenters. The van der Waals surface area contributed by atoms with Crippen molar-refractivity contribution in [3.8, 4) is 0 Å². The molecular weight excluding hydrogens is 248 g/mol. The Morgan fingerprint density at radius 1 is 1.30 bits per heavy atom. The minimum Gasteiger partial charge on any atom is -0.382 e. The van der Waals surface area contributed by atoms with E-state index in [4.69, 9.17) is 0 Å². The second-order valence-electron chi connectivity index (χ2n) is 5.77. The molecule has 1 aliphatic carbocycles. The quantitative estimate of drug-likeness (QED) is 0.828. The van der Waals surface area contributed by atoms with Crippen LogP contribution in [0.4, 0.5) is 5.69 Å². The average molecular weight is 274 g/mol. The lowest BCUT2D eigenvalue weighted by Gasteiger charge is -2.15. The molecule has 0 aliphatic heterocycles. The standard InChI is InChI=1S/C17H26N2O/c1-3-10-18-17(20)14-6-5-7-15(12-14)19-16-9-8-13(4-2)11-16/h5-7,12-13,16,19H,3-4,8-11H2,1-2H3,(H,18,20). The Balaban J connectivity index is 1.94. The van der Waals surface area contributed by atoms with E-state index in [1.54, 1.807) is 0 Å². The van der Waals surface area contributed by atoms with Crippen molar-refractivity contribution in [2.45, 2.75) is 52.0 Å². The van der Waals surface area contributed by atoms with Gasteiger partial charge in [-0.15, -0.1) is 0 Å². The van der Waals surface area contributed by atoms with E-state index in [2.05, 4.69) is 30.5 Å². The number of rotatable bonds is 6.